The van der Waals surface area contributed by atoms with Gasteiger partial charge in [-0.25, -0.2) is 0 Å². The van der Waals surface area contributed by atoms with E-state index in [9.17, 15) is 0 Å². The van der Waals surface area contributed by atoms with Gasteiger partial charge >= 0.3 is 0 Å². The fraction of sp³-hybridized carbons (Fsp3) is 0.882. The van der Waals surface area contributed by atoms with Crippen molar-refractivity contribution in [1.82, 2.24) is 5.32 Å². The molecule has 0 aromatic carbocycles. The molecule has 4 aliphatic carbocycles. The Hall–Kier alpha value is -0.300. The van der Waals surface area contributed by atoms with Crippen molar-refractivity contribution >= 4 is 0 Å². The minimum absolute atomic E-state index is 0.600. The van der Waals surface area contributed by atoms with E-state index in [0.717, 1.165) is 24.8 Å². The molecular formula is C17H29N. The van der Waals surface area contributed by atoms with Gasteiger partial charge in [-0.2, -0.15) is 0 Å². The van der Waals surface area contributed by atoms with Crippen LogP contribution in [0.5, 0.6) is 0 Å². The topological polar surface area (TPSA) is 12.0 Å². The Morgan fingerprint density at radius 2 is 1.94 bits per heavy atom. The Balaban J connectivity index is 1.86. The molecule has 0 aromatic rings. The summed E-state index contributed by atoms with van der Waals surface area (Å²) in [5, 5.41) is 3.79. The molecule has 1 N–H and O–H groups in total. The Bertz CT molecular complexity index is 319. The lowest BCUT2D eigenvalue weighted by Gasteiger charge is -2.63. The second-order valence-corrected chi connectivity index (χ2v) is 7.77. The van der Waals surface area contributed by atoms with Gasteiger partial charge in [0.2, 0.25) is 0 Å². The molecule has 4 bridgehead atoms. The Morgan fingerprint density at radius 1 is 1.28 bits per heavy atom. The van der Waals surface area contributed by atoms with E-state index in [1.165, 1.54) is 38.5 Å². The molecule has 1 nitrogen and oxygen atoms in total. The van der Waals surface area contributed by atoms with E-state index in [1.54, 1.807) is 0 Å². The molecule has 0 aromatic heterocycles. The van der Waals surface area contributed by atoms with Gasteiger partial charge in [0.1, 0.15) is 0 Å². The van der Waals surface area contributed by atoms with Crippen LogP contribution in [-0.4, -0.2) is 12.6 Å². The van der Waals surface area contributed by atoms with Gasteiger partial charge in [-0.05, 0) is 74.2 Å². The SMILES string of the molecule is C=CCC(NCC)C12CC3CC(CC(C)(C3)C1)C2. The Kier molecular flexibility index (Phi) is 3.09. The zero-order valence-electron chi connectivity index (χ0n) is 12.2. The maximum absolute atomic E-state index is 3.99. The van der Waals surface area contributed by atoms with E-state index in [-0.39, 0.29) is 0 Å². The van der Waals surface area contributed by atoms with Crippen molar-refractivity contribution in [3.8, 4) is 0 Å². The molecule has 3 atom stereocenters. The first-order valence-corrected chi connectivity index (χ1v) is 7.93. The molecule has 4 saturated carbocycles. The molecule has 4 aliphatic rings. The second-order valence-electron chi connectivity index (χ2n) is 7.77. The number of hydrogen-bond acceptors (Lipinski definition) is 1. The van der Waals surface area contributed by atoms with Crippen LogP contribution in [-0.2, 0) is 0 Å². The smallest absolute Gasteiger partial charge is 0.0158 e. The number of rotatable bonds is 5. The van der Waals surface area contributed by atoms with Crippen LogP contribution in [0.2, 0.25) is 0 Å². The number of nitrogens with one attached hydrogen (secondary N) is 1. The highest BCUT2D eigenvalue weighted by Crippen LogP contribution is 2.66. The third-order valence-electron chi connectivity index (χ3n) is 5.99. The van der Waals surface area contributed by atoms with Crippen molar-refractivity contribution in [3.05, 3.63) is 12.7 Å². The molecule has 18 heavy (non-hydrogen) atoms. The monoisotopic (exact) mass is 247 g/mol. The number of hydrogen-bond donors (Lipinski definition) is 1. The molecule has 1 heteroatoms. The van der Waals surface area contributed by atoms with Crippen LogP contribution in [0.3, 0.4) is 0 Å². The summed E-state index contributed by atoms with van der Waals surface area (Å²) in [6, 6.07) is 0.685. The average molecular weight is 247 g/mol. The molecule has 0 heterocycles. The summed E-state index contributed by atoms with van der Waals surface area (Å²) in [6.07, 6.45) is 12.3. The van der Waals surface area contributed by atoms with Crippen LogP contribution in [0.4, 0.5) is 0 Å². The van der Waals surface area contributed by atoms with Crippen molar-refractivity contribution in [3.63, 3.8) is 0 Å². The lowest BCUT2D eigenvalue weighted by Crippen LogP contribution is -2.58. The molecule has 3 unspecified atom stereocenters. The molecule has 0 radical (unpaired) electrons. The highest BCUT2D eigenvalue weighted by molar-refractivity contribution is 5.10. The summed E-state index contributed by atoms with van der Waals surface area (Å²) >= 11 is 0. The average Bonchev–Trinajstić information content (AvgIpc) is 2.25. The highest BCUT2D eigenvalue weighted by atomic mass is 14.9. The minimum atomic E-state index is 0.600. The second kappa shape index (κ2) is 4.37. The van der Waals surface area contributed by atoms with E-state index in [4.69, 9.17) is 0 Å². The third-order valence-corrected chi connectivity index (χ3v) is 5.99. The first-order chi connectivity index (χ1) is 8.59. The molecule has 0 amide bonds. The maximum Gasteiger partial charge on any atom is 0.0158 e. The van der Waals surface area contributed by atoms with Crippen LogP contribution >= 0.6 is 0 Å². The summed E-state index contributed by atoms with van der Waals surface area (Å²) in [5.74, 6) is 2.06. The van der Waals surface area contributed by atoms with Crippen molar-refractivity contribution < 1.29 is 0 Å². The van der Waals surface area contributed by atoms with Crippen LogP contribution in [0.1, 0.15) is 58.8 Å². The first kappa shape index (κ1) is 12.7. The fourth-order valence-corrected chi connectivity index (χ4v) is 6.17. The lowest BCUT2D eigenvalue weighted by molar-refractivity contribution is -0.117. The van der Waals surface area contributed by atoms with Gasteiger partial charge in [0, 0.05) is 6.04 Å². The van der Waals surface area contributed by atoms with Crippen LogP contribution in [0, 0.1) is 22.7 Å². The van der Waals surface area contributed by atoms with E-state index >= 15 is 0 Å². The predicted molar refractivity (Wildman–Crippen MR) is 77.5 cm³/mol. The first-order valence-electron chi connectivity index (χ1n) is 7.93. The fourth-order valence-electron chi connectivity index (χ4n) is 6.17. The summed E-state index contributed by atoms with van der Waals surface area (Å²) in [6.45, 7) is 9.91. The maximum atomic E-state index is 3.99. The molecule has 102 valence electrons. The summed E-state index contributed by atoms with van der Waals surface area (Å²) in [4.78, 5) is 0. The van der Waals surface area contributed by atoms with Gasteiger partial charge in [-0.1, -0.05) is 19.9 Å². The Labute approximate surface area is 112 Å². The van der Waals surface area contributed by atoms with E-state index in [1.807, 2.05) is 0 Å². The Morgan fingerprint density at radius 3 is 2.44 bits per heavy atom. The zero-order chi connectivity index (χ0) is 12.8. The van der Waals surface area contributed by atoms with Crippen molar-refractivity contribution in [2.24, 2.45) is 22.7 Å². The van der Waals surface area contributed by atoms with Gasteiger partial charge in [-0.15, -0.1) is 6.58 Å². The highest BCUT2D eigenvalue weighted by Gasteiger charge is 2.57. The zero-order valence-corrected chi connectivity index (χ0v) is 12.2. The van der Waals surface area contributed by atoms with Crippen molar-refractivity contribution in [2.75, 3.05) is 6.54 Å². The van der Waals surface area contributed by atoms with Crippen LogP contribution in [0.25, 0.3) is 0 Å². The molecule has 0 spiro atoms. The molecule has 4 rings (SSSR count). The van der Waals surface area contributed by atoms with E-state index in [0.29, 0.717) is 16.9 Å². The van der Waals surface area contributed by atoms with Gasteiger partial charge in [0.25, 0.3) is 0 Å². The lowest BCUT2D eigenvalue weighted by atomic mass is 9.43. The van der Waals surface area contributed by atoms with Gasteiger partial charge in [0.15, 0.2) is 0 Å². The minimum Gasteiger partial charge on any atom is -0.313 e. The van der Waals surface area contributed by atoms with Crippen molar-refractivity contribution in [2.45, 2.75) is 64.8 Å². The van der Waals surface area contributed by atoms with Crippen molar-refractivity contribution in [1.29, 1.82) is 0 Å². The normalized spacial score (nSPS) is 47.2. The standard InChI is InChI=1S/C17H29N/c1-4-6-15(18-5-2)17-10-13-7-14(11-17)9-16(3,8-13)12-17/h4,13-15,18H,1,5-12H2,2-3H3. The van der Waals surface area contributed by atoms with E-state index in [2.05, 4.69) is 31.8 Å². The quantitative estimate of drug-likeness (QED) is 0.720. The van der Waals surface area contributed by atoms with E-state index < -0.39 is 0 Å². The molecular weight excluding hydrogens is 218 g/mol. The molecule has 0 aliphatic heterocycles. The molecule has 4 fully saturated rings. The molecule has 0 saturated heterocycles. The van der Waals surface area contributed by atoms with Crippen LogP contribution in [0.15, 0.2) is 12.7 Å². The predicted octanol–water partition coefficient (Wildman–Crippen LogP) is 4.15. The summed E-state index contributed by atoms with van der Waals surface area (Å²) in [5.41, 5.74) is 1.27. The summed E-state index contributed by atoms with van der Waals surface area (Å²) < 4.78 is 0. The van der Waals surface area contributed by atoms with Crippen LogP contribution < -0.4 is 5.32 Å². The van der Waals surface area contributed by atoms with Gasteiger partial charge in [-0.3, -0.25) is 0 Å². The third kappa shape index (κ3) is 1.95. The van der Waals surface area contributed by atoms with Gasteiger partial charge < -0.3 is 5.32 Å². The summed E-state index contributed by atoms with van der Waals surface area (Å²) in [7, 11) is 0. The largest absolute Gasteiger partial charge is 0.313 e. The van der Waals surface area contributed by atoms with Gasteiger partial charge in [0.05, 0.1) is 0 Å².